The van der Waals surface area contributed by atoms with Crippen LogP contribution in [0.25, 0.3) is 11.0 Å². The summed E-state index contributed by atoms with van der Waals surface area (Å²) in [6.07, 6.45) is 1.68. The molecule has 0 fully saturated rings. The Labute approximate surface area is 86.0 Å². The molecular weight excluding hydrogens is 194 g/mol. The van der Waals surface area contributed by atoms with Crippen LogP contribution in [0.15, 0.2) is 21.9 Å². The molecule has 2 heterocycles. The number of hydrogen-bond donors (Lipinski definition) is 1. The van der Waals surface area contributed by atoms with Crippen LogP contribution in [-0.4, -0.2) is 14.1 Å². The topological polar surface area (TPSA) is 59.8 Å². The average Bonchev–Trinajstić information content (AvgIpc) is 2.68. The molecule has 0 saturated heterocycles. The normalized spacial score (nSPS) is 11.1. The standard InChI is InChI=1S/C10H13N3O2/c1-3-12-8-7(5-6-11-8)9(14)13(4-2)10(12)15/h5-6,11H,3-4H2,1-2H3. The van der Waals surface area contributed by atoms with Gasteiger partial charge in [0.15, 0.2) is 0 Å². The van der Waals surface area contributed by atoms with Gasteiger partial charge in [0, 0.05) is 19.3 Å². The minimum Gasteiger partial charge on any atom is -0.347 e. The van der Waals surface area contributed by atoms with Crippen LogP contribution < -0.4 is 11.2 Å². The number of nitrogens with zero attached hydrogens (tertiary/aromatic N) is 2. The van der Waals surface area contributed by atoms with E-state index in [0.29, 0.717) is 24.1 Å². The Morgan fingerprint density at radius 3 is 2.47 bits per heavy atom. The largest absolute Gasteiger partial charge is 0.347 e. The second-order valence-electron chi connectivity index (χ2n) is 3.32. The van der Waals surface area contributed by atoms with Crippen molar-refractivity contribution in [3.63, 3.8) is 0 Å². The summed E-state index contributed by atoms with van der Waals surface area (Å²) in [7, 11) is 0. The molecule has 0 amide bonds. The molecule has 0 aromatic carbocycles. The van der Waals surface area contributed by atoms with Crippen molar-refractivity contribution in [2.75, 3.05) is 0 Å². The maximum Gasteiger partial charge on any atom is 0.332 e. The molecule has 2 aromatic rings. The Kier molecular flexibility index (Phi) is 2.22. The van der Waals surface area contributed by atoms with E-state index < -0.39 is 0 Å². The van der Waals surface area contributed by atoms with Gasteiger partial charge in [-0.1, -0.05) is 0 Å². The van der Waals surface area contributed by atoms with Gasteiger partial charge in [0.25, 0.3) is 5.56 Å². The summed E-state index contributed by atoms with van der Waals surface area (Å²) in [5, 5.41) is 0.568. The van der Waals surface area contributed by atoms with Gasteiger partial charge < -0.3 is 4.98 Å². The molecule has 0 atom stereocenters. The first-order chi connectivity index (χ1) is 7.20. The van der Waals surface area contributed by atoms with Crippen LogP contribution in [0, 0.1) is 0 Å². The van der Waals surface area contributed by atoms with Gasteiger partial charge in [-0.05, 0) is 19.9 Å². The number of aromatic amines is 1. The zero-order valence-electron chi connectivity index (χ0n) is 8.78. The summed E-state index contributed by atoms with van der Waals surface area (Å²) in [6, 6.07) is 1.70. The molecule has 0 unspecified atom stereocenters. The first-order valence-corrected chi connectivity index (χ1v) is 5.01. The van der Waals surface area contributed by atoms with Crippen LogP contribution in [0.5, 0.6) is 0 Å². The fraction of sp³-hybridized carbons (Fsp3) is 0.400. The molecule has 0 saturated carbocycles. The lowest BCUT2D eigenvalue weighted by molar-refractivity contribution is 0.606. The second-order valence-corrected chi connectivity index (χ2v) is 3.32. The van der Waals surface area contributed by atoms with Crippen molar-refractivity contribution in [2.45, 2.75) is 26.9 Å². The quantitative estimate of drug-likeness (QED) is 0.781. The molecule has 1 N–H and O–H groups in total. The molecule has 15 heavy (non-hydrogen) atoms. The monoisotopic (exact) mass is 207 g/mol. The fourth-order valence-corrected chi connectivity index (χ4v) is 1.80. The Morgan fingerprint density at radius 1 is 1.20 bits per heavy atom. The fourth-order valence-electron chi connectivity index (χ4n) is 1.80. The zero-order valence-corrected chi connectivity index (χ0v) is 8.78. The van der Waals surface area contributed by atoms with Gasteiger partial charge >= 0.3 is 5.69 Å². The van der Waals surface area contributed by atoms with Crippen molar-refractivity contribution in [1.29, 1.82) is 0 Å². The van der Waals surface area contributed by atoms with E-state index in [1.54, 1.807) is 23.8 Å². The SMILES string of the molecule is CCn1c(=O)c2cc[nH]c2n(CC)c1=O. The van der Waals surface area contributed by atoms with E-state index in [1.165, 1.54) is 4.57 Å². The van der Waals surface area contributed by atoms with E-state index in [9.17, 15) is 9.59 Å². The Balaban J connectivity index is 3.04. The minimum atomic E-state index is -0.250. The van der Waals surface area contributed by atoms with Gasteiger partial charge in [-0.2, -0.15) is 0 Å². The third-order valence-electron chi connectivity index (χ3n) is 2.56. The molecule has 0 aliphatic rings. The van der Waals surface area contributed by atoms with Crippen molar-refractivity contribution in [3.05, 3.63) is 33.1 Å². The summed E-state index contributed by atoms with van der Waals surface area (Å²) >= 11 is 0. The number of nitrogens with one attached hydrogen (secondary N) is 1. The molecule has 0 spiro atoms. The predicted octanol–water partition coefficient (Wildman–Crippen LogP) is 0.531. The molecular formula is C10H13N3O2. The smallest absolute Gasteiger partial charge is 0.332 e. The molecule has 80 valence electrons. The van der Waals surface area contributed by atoms with Crippen molar-refractivity contribution in [3.8, 4) is 0 Å². The third-order valence-corrected chi connectivity index (χ3v) is 2.56. The number of rotatable bonds is 2. The van der Waals surface area contributed by atoms with Crippen molar-refractivity contribution >= 4 is 11.0 Å². The highest BCUT2D eigenvalue weighted by atomic mass is 16.2. The first kappa shape index (κ1) is 9.76. The van der Waals surface area contributed by atoms with Crippen LogP contribution in [0.4, 0.5) is 0 Å². The predicted molar refractivity (Wildman–Crippen MR) is 58.2 cm³/mol. The summed E-state index contributed by atoms with van der Waals surface area (Å²) in [6.45, 7) is 4.63. The molecule has 0 bridgehead atoms. The Bertz CT molecular complexity index is 603. The van der Waals surface area contributed by atoms with Crippen molar-refractivity contribution in [1.82, 2.24) is 14.1 Å². The van der Waals surface area contributed by atoms with Gasteiger partial charge in [0.2, 0.25) is 0 Å². The maximum atomic E-state index is 11.9. The second kappa shape index (κ2) is 3.42. The summed E-state index contributed by atoms with van der Waals surface area (Å²) in [5.74, 6) is 0. The summed E-state index contributed by atoms with van der Waals surface area (Å²) in [4.78, 5) is 26.6. The maximum absolute atomic E-state index is 11.9. The van der Waals surface area contributed by atoms with Crippen LogP contribution in [0.2, 0.25) is 0 Å². The highest BCUT2D eigenvalue weighted by molar-refractivity contribution is 5.74. The highest BCUT2D eigenvalue weighted by Gasteiger charge is 2.10. The molecule has 0 aliphatic heterocycles. The lowest BCUT2D eigenvalue weighted by Crippen LogP contribution is -2.39. The van der Waals surface area contributed by atoms with E-state index in [1.807, 2.05) is 6.92 Å². The van der Waals surface area contributed by atoms with Gasteiger partial charge in [0.05, 0.1) is 5.39 Å². The molecule has 0 aliphatic carbocycles. The van der Waals surface area contributed by atoms with E-state index in [-0.39, 0.29) is 11.2 Å². The van der Waals surface area contributed by atoms with Crippen LogP contribution in [0.1, 0.15) is 13.8 Å². The van der Waals surface area contributed by atoms with Crippen molar-refractivity contribution < 1.29 is 0 Å². The van der Waals surface area contributed by atoms with Gasteiger partial charge in [0.1, 0.15) is 5.65 Å². The van der Waals surface area contributed by atoms with Gasteiger partial charge in [-0.3, -0.25) is 13.9 Å². The molecule has 2 aromatic heterocycles. The van der Waals surface area contributed by atoms with E-state index in [4.69, 9.17) is 0 Å². The average molecular weight is 207 g/mol. The molecule has 5 heteroatoms. The number of hydrogen-bond acceptors (Lipinski definition) is 2. The van der Waals surface area contributed by atoms with Gasteiger partial charge in [-0.15, -0.1) is 0 Å². The first-order valence-electron chi connectivity index (χ1n) is 5.01. The summed E-state index contributed by atoms with van der Waals surface area (Å²) < 4.78 is 2.82. The molecule has 5 nitrogen and oxygen atoms in total. The van der Waals surface area contributed by atoms with Crippen LogP contribution in [0.3, 0.4) is 0 Å². The van der Waals surface area contributed by atoms with Crippen LogP contribution >= 0.6 is 0 Å². The number of fused-ring (bicyclic) bond motifs is 1. The number of H-pyrrole nitrogens is 1. The minimum absolute atomic E-state index is 0.219. The third kappa shape index (κ3) is 1.23. The van der Waals surface area contributed by atoms with Gasteiger partial charge in [-0.25, -0.2) is 4.79 Å². The Morgan fingerprint density at radius 2 is 1.87 bits per heavy atom. The number of aryl methyl sites for hydroxylation is 1. The highest BCUT2D eigenvalue weighted by Crippen LogP contribution is 2.04. The van der Waals surface area contributed by atoms with E-state index >= 15 is 0 Å². The summed E-state index contributed by atoms with van der Waals surface area (Å²) in [5.41, 5.74) is 0.139. The zero-order chi connectivity index (χ0) is 11.0. The van der Waals surface area contributed by atoms with Crippen LogP contribution in [-0.2, 0) is 13.1 Å². The Hall–Kier alpha value is -1.78. The molecule has 2 rings (SSSR count). The van der Waals surface area contributed by atoms with Crippen molar-refractivity contribution in [2.24, 2.45) is 0 Å². The number of aromatic nitrogens is 3. The van der Waals surface area contributed by atoms with E-state index in [2.05, 4.69) is 4.98 Å². The lowest BCUT2D eigenvalue weighted by atomic mass is 10.4. The molecule has 0 radical (unpaired) electrons. The lowest BCUT2D eigenvalue weighted by Gasteiger charge is -2.07. The van der Waals surface area contributed by atoms with E-state index in [0.717, 1.165) is 0 Å².